The highest BCUT2D eigenvalue weighted by molar-refractivity contribution is 7.18. The van der Waals surface area contributed by atoms with E-state index >= 15 is 0 Å². The molecule has 31 heavy (non-hydrogen) atoms. The number of hydrogen-bond acceptors (Lipinski definition) is 7. The summed E-state index contributed by atoms with van der Waals surface area (Å²) in [6, 6.07) is 15.7. The van der Waals surface area contributed by atoms with Crippen LogP contribution in [-0.2, 0) is 0 Å². The fraction of sp³-hybridized carbons (Fsp3) is 0.304. The number of benzene rings is 2. The number of nitrogen functional groups attached to an aromatic ring is 1. The maximum atomic E-state index is 12.7. The van der Waals surface area contributed by atoms with Crippen LogP contribution in [0.2, 0.25) is 5.02 Å². The molecule has 2 aromatic carbocycles. The van der Waals surface area contributed by atoms with Crippen molar-refractivity contribution in [2.75, 3.05) is 43.1 Å². The van der Waals surface area contributed by atoms with E-state index in [0.717, 1.165) is 18.8 Å². The first-order chi connectivity index (χ1) is 14.9. The predicted molar refractivity (Wildman–Crippen MR) is 130 cm³/mol. The molecule has 2 heterocycles. The lowest BCUT2D eigenvalue weighted by molar-refractivity contribution is 0.104. The fourth-order valence-electron chi connectivity index (χ4n) is 3.80. The highest BCUT2D eigenvalue weighted by Crippen LogP contribution is 2.31. The normalized spacial score (nSPS) is 14.8. The molecular weight excluding hydrogens is 430 g/mol. The van der Waals surface area contributed by atoms with Gasteiger partial charge in [0.2, 0.25) is 5.78 Å². The number of thiazole rings is 1. The molecule has 0 amide bonds. The number of nitrogens with two attached hydrogens (primary N) is 1. The second-order valence-electron chi connectivity index (χ2n) is 7.92. The van der Waals surface area contributed by atoms with Crippen LogP contribution in [0.5, 0.6) is 0 Å². The van der Waals surface area contributed by atoms with E-state index in [4.69, 9.17) is 17.3 Å². The Morgan fingerprint density at radius 3 is 2.39 bits per heavy atom. The van der Waals surface area contributed by atoms with Gasteiger partial charge in [-0.2, -0.15) is 0 Å². The molecule has 0 atom stereocenters. The first-order valence-electron chi connectivity index (χ1n) is 10.3. The number of nitrogens with one attached hydrogen (secondary N) is 1. The van der Waals surface area contributed by atoms with Gasteiger partial charge in [-0.15, -0.1) is 0 Å². The highest BCUT2D eigenvalue weighted by Gasteiger charge is 2.21. The molecule has 1 fully saturated rings. The third-order valence-electron chi connectivity index (χ3n) is 5.64. The Bertz CT molecular complexity index is 1040. The van der Waals surface area contributed by atoms with Crippen LogP contribution in [-0.4, -0.2) is 48.9 Å². The molecule has 0 saturated carbocycles. The van der Waals surface area contributed by atoms with Crippen molar-refractivity contribution in [3.05, 3.63) is 64.0 Å². The topological polar surface area (TPSA) is 74.5 Å². The lowest BCUT2D eigenvalue weighted by Gasteiger charge is -2.36. The smallest absolute Gasteiger partial charge is 0.206 e. The Morgan fingerprint density at radius 2 is 1.77 bits per heavy atom. The molecule has 3 N–H and O–H groups in total. The van der Waals surface area contributed by atoms with E-state index in [2.05, 4.69) is 46.3 Å². The first kappa shape index (κ1) is 21.6. The zero-order valence-electron chi connectivity index (χ0n) is 17.6. The van der Waals surface area contributed by atoms with E-state index in [0.29, 0.717) is 26.6 Å². The molecule has 162 valence electrons. The first-order valence-corrected chi connectivity index (χ1v) is 11.4. The van der Waals surface area contributed by atoms with Gasteiger partial charge >= 0.3 is 0 Å². The number of halogens is 1. The van der Waals surface area contributed by atoms with E-state index in [1.807, 2.05) is 12.1 Å². The number of aromatic nitrogens is 1. The van der Waals surface area contributed by atoms with Gasteiger partial charge in [-0.25, -0.2) is 4.98 Å². The molecule has 1 aromatic heterocycles. The molecule has 0 unspecified atom stereocenters. The Kier molecular flexibility index (Phi) is 6.46. The van der Waals surface area contributed by atoms with Crippen molar-refractivity contribution < 1.29 is 4.79 Å². The molecule has 0 spiro atoms. The molecule has 1 saturated heterocycles. The van der Waals surface area contributed by atoms with Crippen molar-refractivity contribution in [1.82, 2.24) is 9.88 Å². The average molecular weight is 456 g/mol. The largest absolute Gasteiger partial charge is 0.382 e. The Morgan fingerprint density at radius 1 is 1.13 bits per heavy atom. The summed E-state index contributed by atoms with van der Waals surface area (Å²) in [4.78, 5) is 22.2. The number of ketones is 1. The summed E-state index contributed by atoms with van der Waals surface area (Å²) in [5, 5.41) is 4.44. The lowest BCUT2D eigenvalue weighted by Crippen LogP contribution is -2.41. The molecule has 0 aliphatic carbocycles. The Balaban J connectivity index is 1.41. The van der Waals surface area contributed by atoms with Crippen LogP contribution in [0.1, 0.15) is 28.1 Å². The second kappa shape index (κ2) is 9.26. The van der Waals surface area contributed by atoms with E-state index in [1.54, 1.807) is 24.3 Å². The van der Waals surface area contributed by atoms with Crippen molar-refractivity contribution in [3.63, 3.8) is 0 Å². The molecule has 0 radical (unpaired) electrons. The second-order valence-corrected chi connectivity index (χ2v) is 9.36. The summed E-state index contributed by atoms with van der Waals surface area (Å²) in [6.07, 6.45) is 2.35. The van der Waals surface area contributed by atoms with E-state index in [9.17, 15) is 4.79 Å². The van der Waals surface area contributed by atoms with E-state index < -0.39 is 0 Å². The molecule has 1 aliphatic rings. The SMILES string of the molecule is CN(C)C1CCN(c2ccc(Nc3nc(N)c(C(=O)c4ccc(Cl)cc4)s3)cc2)CC1. The summed E-state index contributed by atoms with van der Waals surface area (Å²) in [5.74, 6) is 0.0732. The molecule has 0 bridgehead atoms. The third-order valence-corrected chi connectivity index (χ3v) is 6.88. The number of rotatable bonds is 6. The van der Waals surface area contributed by atoms with Gasteiger partial charge in [0.05, 0.1) is 0 Å². The zero-order chi connectivity index (χ0) is 22.0. The van der Waals surface area contributed by atoms with Gasteiger partial charge in [0.25, 0.3) is 0 Å². The van der Waals surface area contributed by atoms with Crippen LogP contribution >= 0.6 is 22.9 Å². The van der Waals surface area contributed by atoms with Gasteiger partial charge in [-0.05, 0) is 75.5 Å². The minimum atomic E-state index is -0.156. The van der Waals surface area contributed by atoms with E-state index in [-0.39, 0.29) is 11.6 Å². The van der Waals surface area contributed by atoms with Crippen LogP contribution in [0.4, 0.5) is 22.3 Å². The van der Waals surface area contributed by atoms with Crippen LogP contribution in [0.15, 0.2) is 48.5 Å². The number of carbonyl (C=O) groups excluding carboxylic acids is 1. The van der Waals surface area contributed by atoms with Gasteiger partial charge in [0, 0.05) is 41.1 Å². The maximum Gasteiger partial charge on any atom is 0.206 e. The summed E-state index contributed by atoms with van der Waals surface area (Å²) in [5.41, 5.74) is 8.69. The summed E-state index contributed by atoms with van der Waals surface area (Å²) < 4.78 is 0. The predicted octanol–water partition coefficient (Wildman–Crippen LogP) is 4.88. The fourth-order valence-corrected chi connectivity index (χ4v) is 4.79. The standard InChI is InChI=1S/C23H26ClN5OS/c1-28(2)18-11-13-29(14-12-18)19-9-7-17(8-10-19)26-23-27-22(25)21(31-23)20(30)15-3-5-16(24)6-4-15/h3-10,18H,11-14,25H2,1-2H3,(H,26,27). The van der Waals surface area contributed by atoms with Crippen LogP contribution in [0.3, 0.4) is 0 Å². The molecule has 6 nitrogen and oxygen atoms in total. The molecule has 1 aliphatic heterocycles. The average Bonchev–Trinajstić information content (AvgIpc) is 3.14. The summed E-state index contributed by atoms with van der Waals surface area (Å²) in [6.45, 7) is 2.13. The Hall–Kier alpha value is -2.61. The quantitative estimate of drug-likeness (QED) is 0.516. The molecule has 3 aromatic rings. The van der Waals surface area contributed by atoms with Crippen LogP contribution < -0.4 is 16.0 Å². The summed E-state index contributed by atoms with van der Waals surface area (Å²) in [7, 11) is 4.31. The molecular formula is C23H26ClN5OS. The van der Waals surface area contributed by atoms with Gasteiger partial charge in [0.15, 0.2) is 5.13 Å². The van der Waals surface area contributed by atoms with Gasteiger partial charge in [-0.1, -0.05) is 22.9 Å². The van der Waals surface area contributed by atoms with Gasteiger partial charge in [0.1, 0.15) is 10.7 Å². The van der Waals surface area contributed by atoms with Crippen molar-refractivity contribution in [2.24, 2.45) is 0 Å². The maximum absolute atomic E-state index is 12.7. The number of carbonyl (C=O) groups is 1. The zero-order valence-corrected chi connectivity index (χ0v) is 19.2. The molecule has 4 rings (SSSR count). The number of hydrogen-bond donors (Lipinski definition) is 2. The number of anilines is 4. The lowest BCUT2D eigenvalue weighted by atomic mass is 10.0. The van der Waals surface area contributed by atoms with Gasteiger partial charge in [-0.3, -0.25) is 4.79 Å². The van der Waals surface area contributed by atoms with Crippen molar-refractivity contribution >= 4 is 51.0 Å². The van der Waals surface area contributed by atoms with Gasteiger partial charge < -0.3 is 20.9 Å². The third kappa shape index (κ3) is 5.01. The van der Waals surface area contributed by atoms with E-state index in [1.165, 1.54) is 29.9 Å². The minimum Gasteiger partial charge on any atom is -0.382 e. The minimum absolute atomic E-state index is 0.156. The number of nitrogens with zero attached hydrogens (tertiary/aromatic N) is 3. The van der Waals surface area contributed by atoms with Crippen LogP contribution in [0, 0.1) is 0 Å². The highest BCUT2D eigenvalue weighted by atomic mass is 35.5. The van der Waals surface area contributed by atoms with Crippen LogP contribution in [0.25, 0.3) is 0 Å². The Labute approximate surface area is 191 Å². The van der Waals surface area contributed by atoms with Crippen molar-refractivity contribution in [3.8, 4) is 0 Å². The van der Waals surface area contributed by atoms with Crippen molar-refractivity contribution in [1.29, 1.82) is 0 Å². The molecule has 8 heteroatoms. The van der Waals surface area contributed by atoms with Crippen molar-refractivity contribution in [2.45, 2.75) is 18.9 Å². The monoisotopic (exact) mass is 455 g/mol. The summed E-state index contributed by atoms with van der Waals surface area (Å²) >= 11 is 7.16. The number of piperidine rings is 1.